The van der Waals surface area contributed by atoms with E-state index in [9.17, 15) is 0 Å². The van der Waals surface area contributed by atoms with Gasteiger partial charge in [-0.3, -0.25) is 0 Å². The van der Waals surface area contributed by atoms with Crippen molar-refractivity contribution < 1.29 is 0 Å². The van der Waals surface area contributed by atoms with Gasteiger partial charge in [0.1, 0.15) is 0 Å². The van der Waals surface area contributed by atoms with E-state index < -0.39 is 0 Å². The first-order valence-electron chi connectivity index (χ1n) is 10.4. The molecule has 1 atom stereocenters. The van der Waals surface area contributed by atoms with Crippen molar-refractivity contribution in [1.82, 2.24) is 0 Å². The van der Waals surface area contributed by atoms with Gasteiger partial charge in [-0.2, -0.15) is 37.9 Å². The van der Waals surface area contributed by atoms with E-state index >= 15 is 0 Å². The molecule has 7 heteroatoms. The van der Waals surface area contributed by atoms with Crippen LogP contribution in [0.25, 0.3) is 54.7 Å². The molecule has 0 aromatic heterocycles. The summed E-state index contributed by atoms with van der Waals surface area (Å²) in [6, 6.07) is 8.45. The van der Waals surface area contributed by atoms with Crippen molar-refractivity contribution in [2.45, 2.75) is 5.92 Å². The van der Waals surface area contributed by atoms with Crippen molar-refractivity contribution in [3.8, 4) is 0 Å². The highest BCUT2D eigenvalue weighted by Gasteiger charge is 2.39. The van der Waals surface area contributed by atoms with Gasteiger partial charge in [0.15, 0.2) is 0 Å². The fourth-order valence-corrected chi connectivity index (χ4v) is 8.01. The van der Waals surface area contributed by atoms with Gasteiger partial charge < -0.3 is 0 Å². The molecule has 0 amide bonds. The van der Waals surface area contributed by atoms with Crippen molar-refractivity contribution in [2.24, 2.45) is 0 Å². The summed E-state index contributed by atoms with van der Waals surface area (Å²) in [7, 11) is 0. The Morgan fingerprint density at radius 2 is 1.38 bits per heavy atom. The van der Waals surface area contributed by atoms with Crippen LogP contribution in [0.4, 0.5) is 0 Å². The zero-order valence-electron chi connectivity index (χ0n) is 17.0. The summed E-state index contributed by atoms with van der Waals surface area (Å²) < 4.78 is 0. The summed E-state index contributed by atoms with van der Waals surface area (Å²) in [5, 5.41) is 16.4. The van der Waals surface area contributed by atoms with E-state index in [0.717, 1.165) is 59.8 Å². The molecule has 0 heterocycles. The minimum atomic E-state index is -0.0858. The Bertz CT molecular complexity index is 1930. The summed E-state index contributed by atoms with van der Waals surface area (Å²) in [6.45, 7) is 0. The predicted molar refractivity (Wildman–Crippen MR) is 161 cm³/mol. The third-order valence-corrected chi connectivity index (χ3v) is 9.84. The molecular weight excluding hydrogens is 562 g/mol. The maximum atomic E-state index is 7.01. The molecular formula is C27H12Cl4S3. The molecule has 5 aromatic rings. The van der Waals surface area contributed by atoms with Gasteiger partial charge in [0, 0.05) is 33.0 Å². The second-order valence-electron chi connectivity index (χ2n) is 8.62. The van der Waals surface area contributed by atoms with Crippen molar-refractivity contribution in [3.63, 3.8) is 0 Å². The van der Waals surface area contributed by atoms with Gasteiger partial charge in [0.05, 0.1) is 20.1 Å². The molecule has 0 saturated heterocycles. The molecule has 0 bridgehead atoms. The largest absolute Gasteiger partial charge is 0.151 e. The van der Waals surface area contributed by atoms with Gasteiger partial charge in [-0.15, -0.1) is 0 Å². The third-order valence-electron chi connectivity index (χ3n) is 7.29. The average Bonchev–Trinajstić information content (AvgIpc) is 2.86. The van der Waals surface area contributed by atoms with E-state index in [4.69, 9.17) is 46.4 Å². The standard InChI is InChI=1S/C27H12Cl4S3/c28-24-12-4-3-9-1-2-10-5-11(6-32)15-13(7-33)14(8-34)19-22-20(15)17(10)16(9)18(12)21(22)23(26(24)30)27(31)25(19)29/h1-8,15,32-34H. The Hall–Kier alpha value is -1.17. The Balaban J connectivity index is 2.00. The van der Waals surface area contributed by atoms with Gasteiger partial charge in [0.25, 0.3) is 0 Å². The summed E-state index contributed by atoms with van der Waals surface area (Å²) in [4.78, 5) is 0. The molecule has 34 heavy (non-hydrogen) atoms. The lowest BCUT2D eigenvalue weighted by Crippen LogP contribution is -2.22. The molecule has 5 aromatic carbocycles. The second kappa shape index (κ2) is 7.43. The van der Waals surface area contributed by atoms with E-state index in [1.165, 1.54) is 10.9 Å². The van der Waals surface area contributed by atoms with E-state index in [1.807, 2.05) is 16.9 Å². The quantitative estimate of drug-likeness (QED) is 0.0916. The molecule has 2 aliphatic rings. The van der Waals surface area contributed by atoms with E-state index in [-0.39, 0.29) is 5.92 Å². The number of rotatable bonds is 0. The SMILES string of the molecule is SC=C1C(=CS)C2C(=CS)C=c3ccc4ccc5c(Cl)c(Cl)c6c(Cl)c(Cl)c1c1c2c3c4c5c61. The van der Waals surface area contributed by atoms with Gasteiger partial charge in [-0.25, -0.2) is 0 Å². The molecule has 0 spiro atoms. The van der Waals surface area contributed by atoms with E-state index in [1.54, 1.807) is 5.41 Å². The molecule has 1 unspecified atom stereocenters. The van der Waals surface area contributed by atoms with Crippen molar-refractivity contribution in [1.29, 1.82) is 0 Å². The topological polar surface area (TPSA) is 0 Å². The first kappa shape index (κ1) is 22.1. The van der Waals surface area contributed by atoms with Crippen LogP contribution in [0.1, 0.15) is 17.0 Å². The van der Waals surface area contributed by atoms with Crippen molar-refractivity contribution >= 4 is 139 Å². The Labute approximate surface area is 231 Å². The number of halogens is 4. The van der Waals surface area contributed by atoms with Crippen LogP contribution in [0.3, 0.4) is 0 Å². The molecule has 0 N–H and O–H groups in total. The third kappa shape index (κ3) is 2.40. The Morgan fingerprint density at radius 1 is 0.647 bits per heavy atom. The monoisotopic (exact) mass is 572 g/mol. The van der Waals surface area contributed by atoms with Crippen LogP contribution in [-0.2, 0) is 0 Å². The Kier molecular flexibility index (Phi) is 4.82. The second-order valence-corrected chi connectivity index (χ2v) is 10.9. The highest BCUT2D eigenvalue weighted by Crippen LogP contribution is 2.60. The first-order valence-corrected chi connectivity index (χ1v) is 13.5. The average molecular weight is 574 g/mol. The van der Waals surface area contributed by atoms with E-state index in [0.29, 0.717) is 25.5 Å². The minimum Gasteiger partial charge on any atom is -0.151 e. The normalized spacial score (nSPS) is 20.9. The van der Waals surface area contributed by atoms with Gasteiger partial charge in [0.2, 0.25) is 0 Å². The Morgan fingerprint density at radius 3 is 2.09 bits per heavy atom. The highest BCUT2D eigenvalue weighted by molar-refractivity contribution is 7.84. The molecule has 0 saturated carbocycles. The zero-order valence-corrected chi connectivity index (χ0v) is 22.8. The van der Waals surface area contributed by atoms with Crippen LogP contribution in [0.15, 0.2) is 51.6 Å². The molecule has 0 aliphatic heterocycles. The summed E-state index contributed by atoms with van der Waals surface area (Å²) >= 11 is 41.5. The van der Waals surface area contributed by atoms with Gasteiger partial charge >= 0.3 is 0 Å². The van der Waals surface area contributed by atoms with Crippen LogP contribution < -0.4 is 5.22 Å². The molecule has 166 valence electrons. The molecule has 2 aliphatic carbocycles. The summed E-state index contributed by atoms with van der Waals surface area (Å²) in [5.41, 5.74) is 4.95. The van der Waals surface area contributed by atoms with Gasteiger partial charge in [-0.1, -0.05) is 70.7 Å². The fraction of sp³-hybridized carbons (Fsp3) is 0.0370. The maximum absolute atomic E-state index is 7.01. The molecule has 0 nitrogen and oxygen atoms in total. The number of thiol groups is 3. The lowest BCUT2D eigenvalue weighted by Gasteiger charge is -2.37. The molecule has 7 rings (SSSR count). The smallest absolute Gasteiger partial charge is 0.0693 e. The van der Waals surface area contributed by atoms with Crippen molar-refractivity contribution in [3.05, 3.63) is 88.1 Å². The number of hydrogen-bond donors (Lipinski definition) is 3. The minimum absolute atomic E-state index is 0.0858. The van der Waals surface area contributed by atoms with Crippen LogP contribution in [0.5, 0.6) is 0 Å². The van der Waals surface area contributed by atoms with Crippen LogP contribution in [-0.4, -0.2) is 0 Å². The summed E-state index contributed by atoms with van der Waals surface area (Å²) in [6.07, 6.45) is 2.20. The predicted octanol–water partition coefficient (Wildman–Crippen LogP) is 9.86. The molecule has 0 radical (unpaired) electrons. The van der Waals surface area contributed by atoms with Crippen LogP contribution >= 0.6 is 84.3 Å². The van der Waals surface area contributed by atoms with Crippen molar-refractivity contribution in [2.75, 3.05) is 0 Å². The van der Waals surface area contributed by atoms with E-state index in [2.05, 4.69) is 62.2 Å². The summed E-state index contributed by atoms with van der Waals surface area (Å²) in [5.74, 6) is -0.0858. The lowest BCUT2D eigenvalue weighted by atomic mass is 9.67. The highest BCUT2D eigenvalue weighted by atomic mass is 35.5. The lowest BCUT2D eigenvalue weighted by molar-refractivity contribution is 1.01. The van der Waals surface area contributed by atoms with Gasteiger partial charge in [-0.05, 0) is 71.3 Å². The maximum Gasteiger partial charge on any atom is 0.0693 e. The van der Waals surface area contributed by atoms with Crippen LogP contribution in [0.2, 0.25) is 20.1 Å². The number of allylic oxidation sites excluding steroid dienone is 3. The first-order chi connectivity index (χ1) is 16.4. The van der Waals surface area contributed by atoms with Crippen LogP contribution in [0, 0.1) is 0 Å². The zero-order chi connectivity index (χ0) is 23.6. The number of benzene rings is 5. The fourth-order valence-electron chi connectivity index (χ4n) is 6.06. The number of hydrogen-bond acceptors (Lipinski definition) is 3. The molecule has 0 fully saturated rings.